The Kier molecular flexibility index (Phi) is 14.2. The summed E-state index contributed by atoms with van der Waals surface area (Å²) in [6, 6.07) is 9.25. The first-order valence-corrected chi connectivity index (χ1v) is 15.3. The van der Waals surface area contributed by atoms with E-state index in [9.17, 15) is 0 Å². The largest absolute Gasteiger partial charge is 0.413 e. The molecule has 0 fully saturated rings. The third kappa shape index (κ3) is 11.3. The summed E-state index contributed by atoms with van der Waals surface area (Å²) < 4.78 is 13.2. The molecule has 0 spiro atoms. The predicted molar refractivity (Wildman–Crippen MR) is 140 cm³/mol. The zero-order valence-corrected chi connectivity index (χ0v) is 23.9. The molecule has 4 heteroatoms. The molecule has 0 saturated heterocycles. The van der Waals surface area contributed by atoms with Crippen molar-refractivity contribution in [2.24, 2.45) is 0 Å². The Morgan fingerprint density at radius 2 is 0.833 bits per heavy atom. The SMILES string of the molecule is CCCCC(C)(CCCC)O[SiH2]c1ccc([SiH2]OC(C)(CCCC)CCCC)cc1. The summed E-state index contributed by atoms with van der Waals surface area (Å²) in [5.41, 5.74) is 0.157. The Morgan fingerprint density at radius 1 is 0.567 bits per heavy atom. The molecular weight excluding hydrogens is 400 g/mol. The minimum Gasteiger partial charge on any atom is -0.413 e. The maximum atomic E-state index is 6.58. The smallest absolute Gasteiger partial charge is 0.193 e. The zero-order valence-electron chi connectivity index (χ0n) is 21.0. The Hall–Kier alpha value is -0.426. The second-order valence-corrected chi connectivity index (χ2v) is 12.5. The van der Waals surface area contributed by atoms with E-state index in [2.05, 4.69) is 65.8 Å². The molecule has 0 bridgehead atoms. The minimum absolute atomic E-state index is 0.0785. The van der Waals surface area contributed by atoms with Crippen molar-refractivity contribution in [3.63, 3.8) is 0 Å². The van der Waals surface area contributed by atoms with Crippen LogP contribution in [0.25, 0.3) is 0 Å². The molecule has 0 heterocycles. The predicted octanol–water partition coefficient (Wildman–Crippen LogP) is 5.42. The van der Waals surface area contributed by atoms with Gasteiger partial charge in [0.2, 0.25) is 0 Å². The van der Waals surface area contributed by atoms with E-state index in [1.54, 1.807) is 0 Å². The van der Waals surface area contributed by atoms with Crippen LogP contribution in [0, 0.1) is 0 Å². The molecule has 0 atom stereocenters. The van der Waals surface area contributed by atoms with E-state index in [0.29, 0.717) is 0 Å². The van der Waals surface area contributed by atoms with Crippen LogP contribution in [0.4, 0.5) is 0 Å². The normalized spacial score (nSPS) is 13.3. The molecule has 174 valence electrons. The van der Waals surface area contributed by atoms with Gasteiger partial charge in [-0.25, -0.2) is 0 Å². The molecule has 0 unspecified atom stereocenters. The number of unbranched alkanes of at least 4 members (excludes halogenated alkanes) is 4. The van der Waals surface area contributed by atoms with Crippen LogP contribution < -0.4 is 10.4 Å². The van der Waals surface area contributed by atoms with Crippen LogP contribution in [0.5, 0.6) is 0 Å². The van der Waals surface area contributed by atoms with Gasteiger partial charge in [0.05, 0.1) is 11.2 Å². The third-order valence-electron chi connectivity index (χ3n) is 6.43. The first kappa shape index (κ1) is 27.6. The minimum atomic E-state index is -0.677. The molecule has 0 radical (unpaired) electrons. The van der Waals surface area contributed by atoms with Crippen molar-refractivity contribution in [2.45, 2.75) is 130 Å². The van der Waals surface area contributed by atoms with Gasteiger partial charge in [0.1, 0.15) is 0 Å². The van der Waals surface area contributed by atoms with Crippen molar-refractivity contribution < 1.29 is 8.85 Å². The topological polar surface area (TPSA) is 18.5 Å². The van der Waals surface area contributed by atoms with Crippen LogP contribution in [0.15, 0.2) is 24.3 Å². The summed E-state index contributed by atoms with van der Waals surface area (Å²) in [7, 11) is -1.35. The third-order valence-corrected chi connectivity index (χ3v) is 9.73. The van der Waals surface area contributed by atoms with Gasteiger partial charge in [-0.05, 0) is 49.9 Å². The fourth-order valence-corrected chi connectivity index (χ4v) is 6.45. The van der Waals surface area contributed by atoms with Gasteiger partial charge in [-0.15, -0.1) is 0 Å². The quantitative estimate of drug-likeness (QED) is 0.278. The maximum Gasteiger partial charge on any atom is 0.193 e. The molecule has 1 rings (SSSR count). The monoisotopic (exact) mass is 450 g/mol. The van der Waals surface area contributed by atoms with Crippen LogP contribution in [-0.4, -0.2) is 30.7 Å². The molecule has 0 aliphatic rings. The summed E-state index contributed by atoms with van der Waals surface area (Å²) >= 11 is 0. The van der Waals surface area contributed by atoms with Crippen molar-refractivity contribution in [2.75, 3.05) is 0 Å². The van der Waals surface area contributed by atoms with Gasteiger partial charge >= 0.3 is 0 Å². The van der Waals surface area contributed by atoms with Gasteiger partial charge in [-0.2, -0.15) is 0 Å². The average molecular weight is 451 g/mol. The van der Waals surface area contributed by atoms with Gasteiger partial charge < -0.3 is 8.85 Å². The second kappa shape index (κ2) is 15.4. The lowest BCUT2D eigenvalue weighted by molar-refractivity contribution is 0.0713. The van der Waals surface area contributed by atoms with Crippen LogP contribution in [-0.2, 0) is 8.85 Å². The zero-order chi connectivity index (χ0) is 22.3. The first-order valence-electron chi connectivity index (χ1n) is 12.8. The van der Waals surface area contributed by atoms with Gasteiger partial charge in [-0.3, -0.25) is 0 Å². The lowest BCUT2D eigenvalue weighted by Crippen LogP contribution is -2.36. The van der Waals surface area contributed by atoms with Gasteiger partial charge in [0.25, 0.3) is 0 Å². The fraction of sp³-hybridized carbons (Fsp3) is 0.769. The number of hydrogen-bond acceptors (Lipinski definition) is 2. The van der Waals surface area contributed by atoms with E-state index in [0.717, 1.165) is 0 Å². The Morgan fingerprint density at radius 3 is 1.07 bits per heavy atom. The summed E-state index contributed by atoms with van der Waals surface area (Å²) in [6.07, 6.45) is 14.9. The number of rotatable bonds is 18. The summed E-state index contributed by atoms with van der Waals surface area (Å²) in [5, 5.41) is 2.85. The molecule has 0 N–H and O–H groups in total. The van der Waals surface area contributed by atoms with E-state index in [-0.39, 0.29) is 11.2 Å². The highest BCUT2D eigenvalue weighted by molar-refractivity contribution is 6.49. The van der Waals surface area contributed by atoms with Crippen molar-refractivity contribution in [3.8, 4) is 0 Å². The highest BCUT2D eigenvalue weighted by Crippen LogP contribution is 2.26. The maximum absolute atomic E-state index is 6.58. The van der Waals surface area contributed by atoms with Crippen LogP contribution in [0.3, 0.4) is 0 Å². The molecule has 0 amide bonds. The van der Waals surface area contributed by atoms with Gasteiger partial charge in [-0.1, -0.05) is 103 Å². The Labute approximate surface area is 192 Å². The van der Waals surface area contributed by atoms with E-state index < -0.39 is 19.5 Å². The molecule has 0 aliphatic carbocycles. The summed E-state index contributed by atoms with van der Waals surface area (Å²) in [5.74, 6) is 0. The lowest BCUT2D eigenvalue weighted by atomic mass is 9.93. The van der Waals surface area contributed by atoms with E-state index in [4.69, 9.17) is 8.85 Å². The van der Waals surface area contributed by atoms with E-state index in [1.165, 1.54) is 87.4 Å². The number of benzene rings is 1. The van der Waals surface area contributed by atoms with Crippen LogP contribution in [0.2, 0.25) is 0 Å². The Bertz CT molecular complexity index is 479. The highest BCUT2D eigenvalue weighted by Gasteiger charge is 2.24. The molecular formula is C26H50O2Si2. The highest BCUT2D eigenvalue weighted by atomic mass is 28.2. The van der Waals surface area contributed by atoms with Crippen molar-refractivity contribution >= 4 is 29.9 Å². The second-order valence-electron chi connectivity index (χ2n) is 9.71. The van der Waals surface area contributed by atoms with Gasteiger partial charge in [0.15, 0.2) is 19.5 Å². The van der Waals surface area contributed by atoms with Crippen molar-refractivity contribution in [1.82, 2.24) is 0 Å². The fourth-order valence-electron chi connectivity index (χ4n) is 3.99. The Balaban J connectivity index is 2.60. The van der Waals surface area contributed by atoms with Gasteiger partial charge in [0, 0.05) is 0 Å². The molecule has 0 aliphatic heterocycles. The summed E-state index contributed by atoms with van der Waals surface area (Å²) in [4.78, 5) is 0. The van der Waals surface area contributed by atoms with Crippen molar-refractivity contribution in [1.29, 1.82) is 0 Å². The molecule has 0 aromatic heterocycles. The van der Waals surface area contributed by atoms with E-state index in [1.807, 2.05) is 0 Å². The van der Waals surface area contributed by atoms with Crippen LogP contribution >= 0.6 is 0 Å². The number of hydrogen-bond donors (Lipinski definition) is 0. The molecule has 1 aromatic rings. The molecule has 1 aromatic carbocycles. The lowest BCUT2D eigenvalue weighted by Gasteiger charge is -2.31. The molecule has 0 saturated carbocycles. The van der Waals surface area contributed by atoms with Crippen molar-refractivity contribution in [3.05, 3.63) is 24.3 Å². The molecule has 30 heavy (non-hydrogen) atoms. The van der Waals surface area contributed by atoms with Crippen LogP contribution in [0.1, 0.15) is 119 Å². The standard InChI is InChI=1S/C26H50O2Si2/c1-7-11-19-25(5,20-12-8-2)27-29-23-15-17-24(18-16-23)30-28-26(6,21-13-9-3)22-14-10-4/h15-18H,7-14,19-22,29-30H2,1-6H3. The summed E-state index contributed by atoms with van der Waals surface area (Å²) in [6.45, 7) is 13.8. The first-order chi connectivity index (χ1) is 14.4. The van der Waals surface area contributed by atoms with E-state index >= 15 is 0 Å². The average Bonchev–Trinajstić information content (AvgIpc) is 2.77. The molecule has 2 nitrogen and oxygen atoms in total.